The molecule has 2 N–H and O–H groups in total. The highest BCUT2D eigenvalue weighted by atomic mass is 32.1. The predicted octanol–water partition coefficient (Wildman–Crippen LogP) is 6.06. The molecule has 7 nitrogen and oxygen atoms in total. The second-order valence-electron chi connectivity index (χ2n) is 7.82. The number of amides is 1. The molecule has 4 rings (SSSR count). The highest BCUT2D eigenvalue weighted by Gasteiger charge is 2.16. The third kappa shape index (κ3) is 5.40. The molecule has 0 atom stereocenters. The Bertz CT molecular complexity index is 1270. The molecule has 0 saturated heterocycles. The Hall–Kier alpha value is -3.78. The molecule has 0 unspecified atom stereocenters. The van der Waals surface area contributed by atoms with Crippen LogP contribution in [-0.2, 0) is 0 Å². The van der Waals surface area contributed by atoms with Crippen LogP contribution < -0.4 is 15.5 Å². The van der Waals surface area contributed by atoms with E-state index in [-0.39, 0.29) is 5.91 Å². The zero-order valence-corrected chi connectivity index (χ0v) is 20.6. The van der Waals surface area contributed by atoms with Crippen molar-refractivity contribution in [2.24, 2.45) is 0 Å². The van der Waals surface area contributed by atoms with Gasteiger partial charge in [0, 0.05) is 41.8 Å². The molecule has 34 heavy (non-hydrogen) atoms. The number of rotatable bonds is 8. The van der Waals surface area contributed by atoms with E-state index in [1.807, 2.05) is 74.5 Å². The van der Waals surface area contributed by atoms with Crippen LogP contribution in [0, 0.1) is 13.8 Å². The number of benzene rings is 2. The molecule has 2 aromatic heterocycles. The van der Waals surface area contributed by atoms with Gasteiger partial charge in [-0.25, -0.2) is 9.97 Å². The van der Waals surface area contributed by atoms with Gasteiger partial charge in [-0.2, -0.15) is 4.98 Å². The first kappa shape index (κ1) is 23.4. The smallest absolute Gasteiger partial charge is 0.267 e. The number of aryl methyl sites for hydroxylation is 2. The van der Waals surface area contributed by atoms with Crippen molar-refractivity contribution in [1.29, 1.82) is 0 Å². The van der Waals surface area contributed by atoms with Crippen molar-refractivity contribution in [1.82, 2.24) is 15.0 Å². The summed E-state index contributed by atoms with van der Waals surface area (Å²) in [7, 11) is 0. The topological polar surface area (TPSA) is 83.0 Å². The number of nitrogens with zero attached hydrogens (tertiary/aromatic N) is 4. The van der Waals surface area contributed by atoms with Gasteiger partial charge in [0.25, 0.3) is 5.91 Å². The Labute approximate surface area is 203 Å². The second-order valence-corrected chi connectivity index (χ2v) is 8.82. The fraction of sp³-hybridized carbons (Fsp3) is 0.231. The Kier molecular flexibility index (Phi) is 7.18. The standard InChI is InChI=1S/C26H28N6OS/c1-5-32(6-2)22-16-17(3)27-26(31-22)30-21-14-12-20(13-15-21)29-24(33)23-18(4)28-25(34-23)19-10-8-7-9-11-19/h7-16H,5-6H2,1-4H3,(H,29,33)(H,27,30,31). The number of anilines is 4. The molecule has 1 amide bonds. The van der Waals surface area contributed by atoms with Gasteiger partial charge in [0.2, 0.25) is 5.95 Å². The van der Waals surface area contributed by atoms with Gasteiger partial charge in [0.1, 0.15) is 15.7 Å². The zero-order valence-electron chi connectivity index (χ0n) is 19.8. The van der Waals surface area contributed by atoms with Crippen molar-refractivity contribution in [2.75, 3.05) is 28.6 Å². The third-order valence-electron chi connectivity index (χ3n) is 5.35. The van der Waals surface area contributed by atoms with Gasteiger partial charge in [-0.3, -0.25) is 4.79 Å². The molecule has 0 radical (unpaired) electrons. The Morgan fingerprint density at radius 2 is 1.59 bits per heavy atom. The maximum absolute atomic E-state index is 12.9. The van der Waals surface area contributed by atoms with E-state index in [2.05, 4.69) is 44.3 Å². The predicted molar refractivity (Wildman–Crippen MR) is 140 cm³/mol. The summed E-state index contributed by atoms with van der Waals surface area (Å²) in [5.41, 5.74) is 4.18. The first-order chi connectivity index (χ1) is 16.5. The molecule has 4 aromatic rings. The molecular formula is C26H28N6OS. The Morgan fingerprint density at radius 3 is 2.26 bits per heavy atom. The molecule has 2 aromatic carbocycles. The lowest BCUT2D eigenvalue weighted by atomic mass is 10.2. The number of hydrogen-bond acceptors (Lipinski definition) is 7. The van der Waals surface area contributed by atoms with Crippen molar-refractivity contribution >= 4 is 40.4 Å². The van der Waals surface area contributed by atoms with Crippen molar-refractivity contribution in [2.45, 2.75) is 27.7 Å². The number of hydrogen-bond donors (Lipinski definition) is 2. The molecular weight excluding hydrogens is 444 g/mol. The van der Waals surface area contributed by atoms with E-state index in [1.165, 1.54) is 11.3 Å². The van der Waals surface area contributed by atoms with Crippen LogP contribution in [0.1, 0.15) is 34.9 Å². The maximum Gasteiger partial charge on any atom is 0.267 e. The molecule has 0 bridgehead atoms. The van der Waals surface area contributed by atoms with Crippen LogP contribution in [0.15, 0.2) is 60.7 Å². The highest BCUT2D eigenvalue weighted by molar-refractivity contribution is 7.17. The van der Waals surface area contributed by atoms with Crippen LogP contribution in [0.25, 0.3) is 10.6 Å². The fourth-order valence-electron chi connectivity index (χ4n) is 3.58. The van der Waals surface area contributed by atoms with Crippen molar-refractivity contribution in [3.63, 3.8) is 0 Å². The van der Waals surface area contributed by atoms with Gasteiger partial charge < -0.3 is 15.5 Å². The average molecular weight is 473 g/mol. The number of nitrogens with one attached hydrogen (secondary N) is 2. The second kappa shape index (κ2) is 10.4. The minimum atomic E-state index is -0.163. The van der Waals surface area contributed by atoms with Crippen molar-refractivity contribution in [3.8, 4) is 10.6 Å². The highest BCUT2D eigenvalue weighted by Crippen LogP contribution is 2.28. The van der Waals surface area contributed by atoms with Crippen LogP contribution >= 0.6 is 11.3 Å². The minimum absolute atomic E-state index is 0.163. The van der Waals surface area contributed by atoms with Gasteiger partial charge in [-0.1, -0.05) is 30.3 Å². The molecule has 0 aliphatic carbocycles. The first-order valence-corrected chi connectivity index (χ1v) is 12.1. The molecule has 174 valence electrons. The lowest BCUT2D eigenvalue weighted by Crippen LogP contribution is -2.23. The average Bonchev–Trinajstić information content (AvgIpc) is 3.23. The van der Waals surface area contributed by atoms with Gasteiger partial charge >= 0.3 is 0 Å². The number of carbonyl (C=O) groups excluding carboxylic acids is 1. The van der Waals surface area contributed by atoms with Gasteiger partial charge in [0.15, 0.2) is 0 Å². The SMILES string of the molecule is CCN(CC)c1cc(C)nc(Nc2ccc(NC(=O)c3sc(-c4ccccc4)nc3C)cc2)n1. The first-order valence-electron chi connectivity index (χ1n) is 11.3. The largest absolute Gasteiger partial charge is 0.357 e. The Morgan fingerprint density at radius 1 is 0.912 bits per heavy atom. The van der Waals surface area contributed by atoms with Crippen LogP contribution in [0.4, 0.5) is 23.1 Å². The number of carbonyl (C=O) groups is 1. The molecule has 0 aliphatic rings. The quantitative estimate of drug-likeness (QED) is 0.324. The van der Waals surface area contributed by atoms with Gasteiger partial charge in [-0.05, 0) is 52.0 Å². The summed E-state index contributed by atoms with van der Waals surface area (Å²) >= 11 is 1.40. The molecule has 0 spiro atoms. The summed E-state index contributed by atoms with van der Waals surface area (Å²) in [5.74, 6) is 1.29. The molecule has 8 heteroatoms. The molecule has 2 heterocycles. The van der Waals surface area contributed by atoms with Gasteiger partial charge in [0.05, 0.1) is 5.69 Å². The maximum atomic E-state index is 12.9. The van der Waals surface area contributed by atoms with E-state index in [0.29, 0.717) is 16.5 Å². The lowest BCUT2D eigenvalue weighted by Gasteiger charge is -2.20. The van der Waals surface area contributed by atoms with Crippen molar-refractivity contribution < 1.29 is 4.79 Å². The van der Waals surface area contributed by atoms with E-state index >= 15 is 0 Å². The molecule has 0 aliphatic heterocycles. The summed E-state index contributed by atoms with van der Waals surface area (Å²) in [6.45, 7) is 9.80. The summed E-state index contributed by atoms with van der Waals surface area (Å²) in [4.78, 5) is 29.4. The zero-order chi connectivity index (χ0) is 24.1. The van der Waals surface area contributed by atoms with Crippen LogP contribution in [0.5, 0.6) is 0 Å². The molecule has 0 saturated carbocycles. The summed E-state index contributed by atoms with van der Waals surface area (Å²) in [6.07, 6.45) is 0. The van der Waals surface area contributed by atoms with E-state index in [4.69, 9.17) is 0 Å². The van der Waals surface area contributed by atoms with Gasteiger partial charge in [-0.15, -0.1) is 11.3 Å². The third-order valence-corrected chi connectivity index (χ3v) is 6.56. The fourth-order valence-corrected chi connectivity index (χ4v) is 4.55. The summed E-state index contributed by atoms with van der Waals surface area (Å²) in [5, 5.41) is 7.07. The van der Waals surface area contributed by atoms with E-state index in [1.54, 1.807) is 0 Å². The molecule has 0 fully saturated rings. The minimum Gasteiger partial charge on any atom is -0.357 e. The van der Waals surface area contributed by atoms with E-state index < -0.39 is 0 Å². The van der Waals surface area contributed by atoms with Crippen LogP contribution in [0.2, 0.25) is 0 Å². The Balaban J connectivity index is 1.45. The number of thiazole rings is 1. The van der Waals surface area contributed by atoms with Crippen LogP contribution in [0.3, 0.4) is 0 Å². The number of aromatic nitrogens is 3. The van der Waals surface area contributed by atoms with E-state index in [9.17, 15) is 4.79 Å². The van der Waals surface area contributed by atoms with E-state index in [0.717, 1.165) is 46.6 Å². The monoisotopic (exact) mass is 472 g/mol. The van der Waals surface area contributed by atoms with Crippen LogP contribution in [-0.4, -0.2) is 33.9 Å². The van der Waals surface area contributed by atoms with Crippen molar-refractivity contribution in [3.05, 3.63) is 76.9 Å². The summed E-state index contributed by atoms with van der Waals surface area (Å²) in [6, 6.07) is 19.4. The summed E-state index contributed by atoms with van der Waals surface area (Å²) < 4.78 is 0. The lowest BCUT2D eigenvalue weighted by molar-refractivity contribution is 0.103. The normalized spacial score (nSPS) is 10.7.